The van der Waals surface area contributed by atoms with Crippen LogP contribution in [0.4, 0.5) is 0 Å². The van der Waals surface area contributed by atoms with Gasteiger partial charge in [0, 0.05) is 49.7 Å². The van der Waals surface area contributed by atoms with Crippen LogP contribution in [0.5, 0.6) is 0 Å². The van der Waals surface area contributed by atoms with E-state index in [1.54, 1.807) is 11.8 Å². The first-order valence-corrected chi connectivity index (χ1v) is 10.3. The van der Waals surface area contributed by atoms with Crippen molar-refractivity contribution in [3.05, 3.63) is 59.8 Å². The highest BCUT2D eigenvalue weighted by molar-refractivity contribution is 7.98. The van der Waals surface area contributed by atoms with E-state index in [9.17, 15) is 4.79 Å². The van der Waals surface area contributed by atoms with Gasteiger partial charge in [0.2, 0.25) is 0 Å². The van der Waals surface area contributed by atoms with E-state index in [1.165, 1.54) is 5.56 Å². The number of hydrogen-bond donors (Lipinski definition) is 0. The minimum atomic E-state index is 0.152. The zero-order chi connectivity index (χ0) is 18.4. The summed E-state index contributed by atoms with van der Waals surface area (Å²) in [6.45, 7) is 8.14. The van der Waals surface area contributed by atoms with E-state index in [2.05, 4.69) is 35.9 Å². The Bertz CT molecular complexity index is 703. The van der Waals surface area contributed by atoms with Gasteiger partial charge in [-0.1, -0.05) is 18.2 Å². The van der Waals surface area contributed by atoms with E-state index in [1.807, 2.05) is 41.4 Å². The number of nitrogens with zero attached hydrogens (tertiary/aromatic N) is 3. The topological polar surface area (TPSA) is 36.4 Å². The largest absolute Gasteiger partial charge is 0.337 e. The Hall–Kier alpha value is -1.85. The number of carbonyl (C=O) groups excluding carboxylic acids is 1. The molecule has 0 radical (unpaired) electrons. The van der Waals surface area contributed by atoms with E-state index in [-0.39, 0.29) is 5.91 Å². The molecular weight excluding hydrogens is 342 g/mol. The van der Waals surface area contributed by atoms with Gasteiger partial charge in [-0.2, -0.15) is 0 Å². The Morgan fingerprint density at radius 1 is 1.08 bits per heavy atom. The number of benzene rings is 1. The van der Waals surface area contributed by atoms with Crippen molar-refractivity contribution in [3.63, 3.8) is 0 Å². The summed E-state index contributed by atoms with van der Waals surface area (Å²) in [7, 11) is 0. The van der Waals surface area contributed by atoms with Crippen molar-refractivity contribution in [1.29, 1.82) is 0 Å². The number of amides is 1. The van der Waals surface area contributed by atoms with Crippen molar-refractivity contribution in [2.45, 2.75) is 37.1 Å². The Morgan fingerprint density at radius 2 is 1.88 bits per heavy atom. The summed E-state index contributed by atoms with van der Waals surface area (Å²) in [5, 5.41) is 1.02. The Balaban J connectivity index is 1.56. The predicted molar refractivity (Wildman–Crippen MR) is 107 cm³/mol. The molecule has 1 fully saturated rings. The number of carbonyl (C=O) groups is 1. The van der Waals surface area contributed by atoms with Crippen molar-refractivity contribution < 1.29 is 4.79 Å². The SMILES string of the molecule is CC(C)N1CCCN(C(=O)c2ccc(CSc3ccccn3)cc2)CC1. The third-order valence-corrected chi connectivity index (χ3v) is 5.79. The smallest absolute Gasteiger partial charge is 0.253 e. The average molecular weight is 370 g/mol. The third kappa shape index (κ3) is 5.08. The fraction of sp³-hybridized carbons (Fsp3) is 0.429. The zero-order valence-corrected chi connectivity index (χ0v) is 16.4. The summed E-state index contributed by atoms with van der Waals surface area (Å²) in [6, 6.07) is 14.5. The predicted octanol–water partition coefficient (Wildman–Crippen LogP) is 3.93. The quantitative estimate of drug-likeness (QED) is 0.748. The lowest BCUT2D eigenvalue weighted by Crippen LogP contribution is -2.37. The number of rotatable bonds is 5. The van der Waals surface area contributed by atoms with Crippen molar-refractivity contribution in [3.8, 4) is 0 Å². The molecule has 2 aromatic rings. The summed E-state index contributed by atoms with van der Waals surface area (Å²) in [5.74, 6) is 1.01. The second-order valence-electron chi connectivity index (χ2n) is 6.93. The maximum Gasteiger partial charge on any atom is 0.253 e. The molecule has 4 nitrogen and oxygen atoms in total. The molecule has 138 valence electrons. The van der Waals surface area contributed by atoms with E-state index in [0.717, 1.165) is 48.9 Å². The standard InChI is InChI=1S/C21H27N3OS/c1-17(2)23-12-5-13-24(15-14-23)21(25)19-9-7-18(8-10-19)16-26-20-6-3-4-11-22-20/h3-4,6-11,17H,5,12-16H2,1-2H3. The van der Waals surface area contributed by atoms with Crippen molar-refractivity contribution >= 4 is 17.7 Å². The summed E-state index contributed by atoms with van der Waals surface area (Å²) in [5.41, 5.74) is 1.99. The molecule has 0 atom stereocenters. The van der Waals surface area contributed by atoms with Gasteiger partial charge < -0.3 is 4.90 Å². The van der Waals surface area contributed by atoms with Crippen LogP contribution in [0, 0.1) is 0 Å². The monoisotopic (exact) mass is 369 g/mol. The summed E-state index contributed by atoms with van der Waals surface area (Å²) >= 11 is 1.71. The number of pyridine rings is 1. The summed E-state index contributed by atoms with van der Waals surface area (Å²) in [6.07, 6.45) is 2.86. The molecule has 1 aliphatic heterocycles. The molecule has 0 N–H and O–H groups in total. The van der Waals surface area contributed by atoms with Crippen molar-refractivity contribution in [2.75, 3.05) is 26.2 Å². The molecule has 1 amide bonds. The lowest BCUT2D eigenvalue weighted by molar-refractivity contribution is 0.0759. The first-order valence-electron chi connectivity index (χ1n) is 9.29. The van der Waals surface area contributed by atoms with Gasteiger partial charge in [-0.15, -0.1) is 11.8 Å². The molecule has 2 heterocycles. The Morgan fingerprint density at radius 3 is 2.58 bits per heavy atom. The van der Waals surface area contributed by atoms with Crippen LogP contribution in [0.25, 0.3) is 0 Å². The van der Waals surface area contributed by atoms with Gasteiger partial charge in [0.1, 0.15) is 0 Å². The van der Waals surface area contributed by atoms with Crippen molar-refractivity contribution in [1.82, 2.24) is 14.8 Å². The molecule has 0 saturated carbocycles. The Kier molecular flexibility index (Phi) is 6.69. The van der Waals surface area contributed by atoms with Gasteiger partial charge in [0.05, 0.1) is 5.03 Å². The van der Waals surface area contributed by atoms with Gasteiger partial charge in [-0.05, 0) is 50.1 Å². The fourth-order valence-electron chi connectivity index (χ4n) is 3.17. The molecule has 3 rings (SSSR count). The van der Waals surface area contributed by atoms with Crippen LogP contribution in [-0.4, -0.2) is 52.9 Å². The highest BCUT2D eigenvalue weighted by Gasteiger charge is 2.21. The van der Waals surface area contributed by atoms with Crippen molar-refractivity contribution in [2.24, 2.45) is 0 Å². The van der Waals surface area contributed by atoms with Crippen LogP contribution < -0.4 is 0 Å². The first-order chi connectivity index (χ1) is 12.6. The van der Waals surface area contributed by atoms with E-state index in [4.69, 9.17) is 0 Å². The fourth-order valence-corrected chi connectivity index (χ4v) is 3.99. The highest BCUT2D eigenvalue weighted by atomic mass is 32.2. The molecule has 0 bridgehead atoms. The Labute approximate surface area is 160 Å². The normalized spacial score (nSPS) is 15.9. The number of aromatic nitrogens is 1. The highest BCUT2D eigenvalue weighted by Crippen LogP contribution is 2.21. The average Bonchev–Trinajstić information content (AvgIpc) is 2.93. The second kappa shape index (κ2) is 9.19. The number of hydrogen-bond acceptors (Lipinski definition) is 4. The molecule has 1 aromatic carbocycles. The molecular formula is C21H27N3OS. The van der Waals surface area contributed by atoms with Crippen LogP contribution in [0.3, 0.4) is 0 Å². The molecule has 1 saturated heterocycles. The van der Waals surface area contributed by atoms with Crippen LogP contribution in [0.15, 0.2) is 53.7 Å². The zero-order valence-electron chi connectivity index (χ0n) is 15.6. The molecule has 0 spiro atoms. The van der Waals surface area contributed by atoms with Gasteiger partial charge >= 0.3 is 0 Å². The van der Waals surface area contributed by atoms with E-state index >= 15 is 0 Å². The van der Waals surface area contributed by atoms with Gasteiger partial charge in [-0.25, -0.2) is 4.98 Å². The van der Waals surface area contributed by atoms with Gasteiger partial charge in [0.25, 0.3) is 5.91 Å². The second-order valence-corrected chi connectivity index (χ2v) is 7.92. The molecule has 1 aromatic heterocycles. The summed E-state index contributed by atoms with van der Waals surface area (Å²) in [4.78, 5) is 21.6. The summed E-state index contributed by atoms with van der Waals surface area (Å²) < 4.78 is 0. The van der Waals surface area contributed by atoms with Crippen LogP contribution in [0.2, 0.25) is 0 Å². The lowest BCUT2D eigenvalue weighted by atomic mass is 10.1. The maximum atomic E-state index is 12.8. The van der Waals surface area contributed by atoms with Crippen LogP contribution >= 0.6 is 11.8 Å². The first kappa shape index (κ1) is 18.9. The van der Waals surface area contributed by atoms with Gasteiger partial charge in [0.15, 0.2) is 0 Å². The molecule has 5 heteroatoms. The van der Waals surface area contributed by atoms with E-state index in [0.29, 0.717) is 6.04 Å². The minimum absolute atomic E-state index is 0.152. The van der Waals surface area contributed by atoms with Crippen LogP contribution in [-0.2, 0) is 5.75 Å². The molecule has 26 heavy (non-hydrogen) atoms. The minimum Gasteiger partial charge on any atom is -0.337 e. The lowest BCUT2D eigenvalue weighted by Gasteiger charge is -2.25. The molecule has 0 aliphatic carbocycles. The maximum absolute atomic E-state index is 12.8. The van der Waals surface area contributed by atoms with Crippen LogP contribution in [0.1, 0.15) is 36.2 Å². The number of thioether (sulfide) groups is 1. The third-order valence-electron chi connectivity index (χ3n) is 4.77. The molecule has 1 aliphatic rings. The molecule has 0 unspecified atom stereocenters. The van der Waals surface area contributed by atoms with Gasteiger partial charge in [-0.3, -0.25) is 9.69 Å². The van der Waals surface area contributed by atoms with E-state index < -0.39 is 0 Å².